The zero-order valence-corrected chi connectivity index (χ0v) is 19.9. The van der Waals surface area contributed by atoms with E-state index in [1.807, 2.05) is 13.8 Å². The van der Waals surface area contributed by atoms with E-state index in [4.69, 9.17) is 24.7 Å². The smallest absolute Gasteiger partial charge is 0.323 e. The lowest BCUT2D eigenvalue weighted by molar-refractivity contribution is -0.157. The second-order valence-corrected chi connectivity index (χ2v) is 7.80. The summed E-state index contributed by atoms with van der Waals surface area (Å²) in [6.07, 6.45) is 2.98. The van der Waals surface area contributed by atoms with E-state index in [2.05, 4.69) is 0 Å². The first kappa shape index (κ1) is 28.1. The van der Waals surface area contributed by atoms with Crippen LogP contribution in [0.2, 0.25) is 0 Å². The summed E-state index contributed by atoms with van der Waals surface area (Å²) in [6.45, 7) is 6.71. The number of carbonyl (C=O) groups is 4. The molecule has 0 aliphatic carbocycles. The zero-order valence-electron chi connectivity index (χ0n) is 19.9. The van der Waals surface area contributed by atoms with Gasteiger partial charge >= 0.3 is 23.9 Å². The highest BCUT2D eigenvalue weighted by Crippen LogP contribution is 2.30. The first-order chi connectivity index (χ1) is 15.7. The lowest BCUT2D eigenvalue weighted by atomic mass is 10.1. The molecule has 2 N–H and O–H groups in total. The lowest BCUT2D eigenvalue weighted by Crippen LogP contribution is -2.37. The third-order valence-corrected chi connectivity index (χ3v) is 4.52. The molecule has 1 aromatic rings. The second kappa shape index (κ2) is 15.0. The minimum atomic E-state index is -0.994. The van der Waals surface area contributed by atoms with Gasteiger partial charge in [0.15, 0.2) is 11.5 Å². The first-order valence-corrected chi connectivity index (χ1v) is 11.3. The van der Waals surface area contributed by atoms with Crippen molar-refractivity contribution in [2.45, 2.75) is 84.8 Å². The van der Waals surface area contributed by atoms with E-state index < -0.39 is 36.0 Å². The van der Waals surface area contributed by atoms with E-state index in [0.29, 0.717) is 18.4 Å². The fourth-order valence-electron chi connectivity index (χ4n) is 2.72. The van der Waals surface area contributed by atoms with Crippen molar-refractivity contribution in [3.8, 4) is 11.5 Å². The monoisotopic (exact) mass is 465 g/mol. The van der Waals surface area contributed by atoms with Crippen molar-refractivity contribution in [1.82, 2.24) is 0 Å². The van der Waals surface area contributed by atoms with Crippen molar-refractivity contribution in [3.05, 3.63) is 23.8 Å². The van der Waals surface area contributed by atoms with Crippen LogP contribution in [0.25, 0.3) is 0 Å². The first-order valence-electron chi connectivity index (χ1n) is 11.3. The molecule has 0 saturated carbocycles. The summed E-state index contributed by atoms with van der Waals surface area (Å²) in [5, 5.41) is 0. The molecule has 0 aliphatic heterocycles. The molecule has 0 aromatic heterocycles. The standard InChI is InChI=1S/C24H35NO8/c1-5-7-9-22(27)32-20-12-11-18(14-21(20)33-23(28)10-8-6-2)13-19(25)24(29)31-16(3)15-30-17(4)26/h11-12,14,16,19H,5-10,13,15,25H2,1-4H3/t16-,19-/m0/s1. The quantitative estimate of drug-likeness (QED) is 0.325. The summed E-state index contributed by atoms with van der Waals surface area (Å²) in [7, 11) is 0. The van der Waals surface area contributed by atoms with Crippen molar-refractivity contribution in [2.24, 2.45) is 5.73 Å². The summed E-state index contributed by atoms with van der Waals surface area (Å²) in [5.74, 6) is -1.76. The summed E-state index contributed by atoms with van der Waals surface area (Å²) in [4.78, 5) is 47.3. The molecule has 0 fully saturated rings. The number of rotatable bonds is 14. The van der Waals surface area contributed by atoms with Gasteiger partial charge in [-0.2, -0.15) is 0 Å². The lowest BCUT2D eigenvalue weighted by Gasteiger charge is -2.17. The molecule has 9 heteroatoms. The van der Waals surface area contributed by atoms with Gasteiger partial charge in [0, 0.05) is 19.8 Å². The Hall–Kier alpha value is -2.94. The van der Waals surface area contributed by atoms with E-state index >= 15 is 0 Å². The molecule has 9 nitrogen and oxygen atoms in total. The molecule has 0 bridgehead atoms. The molecule has 0 spiro atoms. The van der Waals surface area contributed by atoms with Crippen molar-refractivity contribution in [2.75, 3.05) is 6.61 Å². The van der Waals surface area contributed by atoms with E-state index in [1.165, 1.54) is 19.1 Å². The minimum Gasteiger partial charge on any atom is -0.462 e. The Kier molecular flexibility index (Phi) is 12.8. The molecular weight excluding hydrogens is 430 g/mol. The molecule has 184 valence electrons. The van der Waals surface area contributed by atoms with Gasteiger partial charge < -0.3 is 24.7 Å². The predicted octanol–water partition coefficient (Wildman–Crippen LogP) is 3.24. The molecule has 2 atom stereocenters. The topological polar surface area (TPSA) is 131 Å². The van der Waals surface area contributed by atoms with Crippen LogP contribution in [0.1, 0.15) is 71.8 Å². The van der Waals surface area contributed by atoms with Crippen LogP contribution in [0.15, 0.2) is 18.2 Å². The zero-order chi connectivity index (χ0) is 24.8. The normalized spacial score (nSPS) is 12.4. The number of ether oxygens (including phenoxy) is 4. The van der Waals surface area contributed by atoms with E-state index in [9.17, 15) is 19.2 Å². The van der Waals surface area contributed by atoms with Gasteiger partial charge in [-0.3, -0.25) is 19.2 Å². The highest BCUT2D eigenvalue weighted by atomic mass is 16.6. The molecule has 0 saturated heterocycles. The Morgan fingerprint density at radius 2 is 1.52 bits per heavy atom. The van der Waals surface area contributed by atoms with Gasteiger partial charge in [-0.25, -0.2) is 0 Å². The Bertz CT molecular complexity index is 808. The molecule has 0 radical (unpaired) electrons. The van der Waals surface area contributed by atoms with Crippen molar-refractivity contribution in [1.29, 1.82) is 0 Å². The highest BCUT2D eigenvalue weighted by Gasteiger charge is 2.21. The molecule has 33 heavy (non-hydrogen) atoms. The Morgan fingerprint density at radius 3 is 2.06 bits per heavy atom. The summed E-state index contributed by atoms with van der Waals surface area (Å²) in [5.41, 5.74) is 6.56. The number of hydrogen-bond donors (Lipinski definition) is 1. The average molecular weight is 466 g/mol. The van der Waals surface area contributed by atoms with Gasteiger partial charge in [0.25, 0.3) is 0 Å². The third-order valence-electron chi connectivity index (χ3n) is 4.52. The Labute approximate surface area is 194 Å². The number of carbonyl (C=O) groups excluding carboxylic acids is 4. The summed E-state index contributed by atoms with van der Waals surface area (Å²) < 4.78 is 20.8. The maximum absolute atomic E-state index is 12.3. The van der Waals surface area contributed by atoms with Gasteiger partial charge in [0.05, 0.1) is 0 Å². The fourth-order valence-corrected chi connectivity index (χ4v) is 2.72. The second-order valence-electron chi connectivity index (χ2n) is 7.80. The molecule has 0 unspecified atom stereocenters. The van der Waals surface area contributed by atoms with Gasteiger partial charge in [-0.05, 0) is 43.9 Å². The molecular formula is C24H35NO8. The number of hydrogen-bond acceptors (Lipinski definition) is 9. The highest BCUT2D eigenvalue weighted by molar-refractivity contribution is 5.77. The third kappa shape index (κ3) is 11.5. The molecule has 0 aliphatic rings. The fraction of sp³-hybridized carbons (Fsp3) is 0.583. The maximum Gasteiger partial charge on any atom is 0.323 e. The van der Waals surface area contributed by atoms with Crippen LogP contribution in [0.5, 0.6) is 11.5 Å². The predicted molar refractivity (Wildman–Crippen MR) is 121 cm³/mol. The van der Waals surface area contributed by atoms with Gasteiger partial charge in [-0.1, -0.05) is 32.8 Å². The van der Waals surface area contributed by atoms with Crippen LogP contribution < -0.4 is 15.2 Å². The number of nitrogens with two attached hydrogens (primary N) is 1. The molecule has 1 aromatic carbocycles. The number of unbranched alkanes of at least 4 members (excludes halogenated alkanes) is 2. The molecule has 0 amide bonds. The van der Waals surface area contributed by atoms with Crippen LogP contribution in [-0.4, -0.2) is 42.6 Å². The van der Waals surface area contributed by atoms with Crippen LogP contribution in [0.4, 0.5) is 0 Å². The minimum absolute atomic E-state index is 0.0657. The molecule has 1 rings (SSSR count). The van der Waals surface area contributed by atoms with Crippen molar-refractivity contribution in [3.63, 3.8) is 0 Å². The van der Waals surface area contributed by atoms with Crippen LogP contribution in [-0.2, 0) is 35.1 Å². The van der Waals surface area contributed by atoms with E-state index in [-0.39, 0.29) is 37.4 Å². The Morgan fingerprint density at radius 1 is 0.939 bits per heavy atom. The largest absolute Gasteiger partial charge is 0.462 e. The van der Waals surface area contributed by atoms with Crippen LogP contribution >= 0.6 is 0 Å². The number of esters is 4. The van der Waals surface area contributed by atoms with E-state index in [0.717, 1.165) is 12.8 Å². The maximum atomic E-state index is 12.3. The summed E-state index contributed by atoms with van der Waals surface area (Å²) >= 11 is 0. The Balaban J connectivity index is 2.89. The van der Waals surface area contributed by atoms with Crippen LogP contribution in [0.3, 0.4) is 0 Å². The van der Waals surface area contributed by atoms with Gasteiger partial charge in [0.1, 0.15) is 18.8 Å². The van der Waals surface area contributed by atoms with Gasteiger partial charge in [-0.15, -0.1) is 0 Å². The molecule has 0 heterocycles. The summed E-state index contributed by atoms with van der Waals surface area (Å²) in [6, 6.07) is 3.69. The van der Waals surface area contributed by atoms with Crippen molar-refractivity contribution >= 4 is 23.9 Å². The van der Waals surface area contributed by atoms with Gasteiger partial charge in [0.2, 0.25) is 0 Å². The van der Waals surface area contributed by atoms with E-state index in [1.54, 1.807) is 13.0 Å². The SMILES string of the molecule is CCCCC(=O)Oc1ccc(C[C@H](N)C(=O)O[C@@H](C)COC(C)=O)cc1OC(=O)CCCC. The number of benzene rings is 1. The average Bonchev–Trinajstić information content (AvgIpc) is 2.76. The van der Waals surface area contributed by atoms with Crippen LogP contribution in [0, 0.1) is 0 Å². The van der Waals surface area contributed by atoms with Crippen molar-refractivity contribution < 1.29 is 38.1 Å².